The summed E-state index contributed by atoms with van der Waals surface area (Å²) in [5.74, 6) is 0. The average Bonchev–Trinajstić information content (AvgIpc) is 3.33. The molecule has 0 aromatic heterocycles. The van der Waals surface area contributed by atoms with Crippen molar-refractivity contribution in [2.24, 2.45) is 0 Å². The van der Waals surface area contributed by atoms with E-state index in [1.807, 2.05) is 0 Å². The van der Waals surface area contributed by atoms with E-state index >= 15 is 0 Å². The van der Waals surface area contributed by atoms with Crippen molar-refractivity contribution in [1.29, 1.82) is 0 Å². The molecule has 4 aromatic carbocycles. The van der Waals surface area contributed by atoms with Crippen LogP contribution in [0.15, 0.2) is 84.9 Å². The van der Waals surface area contributed by atoms with Crippen LogP contribution in [-0.4, -0.2) is 0 Å². The molecule has 0 saturated carbocycles. The van der Waals surface area contributed by atoms with Crippen molar-refractivity contribution in [2.75, 3.05) is 0 Å². The number of aryl methyl sites for hydroxylation is 1. The molecular formula is C29H23Zr-. The number of hydrogen-bond donors (Lipinski definition) is 0. The first kappa shape index (κ1) is 19.6. The van der Waals surface area contributed by atoms with E-state index in [-0.39, 0.29) is 26.2 Å². The van der Waals surface area contributed by atoms with E-state index in [2.05, 4.69) is 91.3 Å². The van der Waals surface area contributed by atoms with E-state index in [1.165, 1.54) is 55.6 Å². The minimum Gasteiger partial charge on any atom is -0.188 e. The van der Waals surface area contributed by atoms with Crippen molar-refractivity contribution >= 4 is 0 Å². The van der Waals surface area contributed by atoms with Crippen LogP contribution in [0.25, 0.3) is 22.3 Å². The molecule has 0 amide bonds. The van der Waals surface area contributed by atoms with Gasteiger partial charge in [-0.3, -0.25) is 0 Å². The van der Waals surface area contributed by atoms with Crippen molar-refractivity contribution in [3.63, 3.8) is 0 Å². The summed E-state index contributed by atoms with van der Waals surface area (Å²) in [5, 5.41) is 0. The molecule has 0 unspecified atom stereocenters. The Morgan fingerprint density at radius 1 is 0.567 bits per heavy atom. The Balaban J connectivity index is 0.00000193. The smallest absolute Gasteiger partial charge is 0 e. The van der Waals surface area contributed by atoms with Gasteiger partial charge in [0.25, 0.3) is 0 Å². The maximum atomic E-state index is 2.45. The molecule has 0 fully saturated rings. The zero-order valence-electron chi connectivity index (χ0n) is 17.0. The van der Waals surface area contributed by atoms with Crippen LogP contribution in [0.2, 0.25) is 0 Å². The molecule has 2 aliphatic rings. The molecule has 0 spiro atoms. The molecule has 0 nitrogen and oxygen atoms in total. The van der Waals surface area contributed by atoms with E-state index in [1.54, 1.807) is 0 Å². The fourth-order valence-corrected chi connectivity index (χ4v) is 5.21. The third kappa shape index (κ3) is 3.21. The van der Waals surface area contributed by atoms with Gasteiger partial charge in [0.05, 0.1) is 0 Å². The van der Waals surface area contributed by atoms with Crippen LogP contribution in [0, 0.1) is 6.42 Å². The van der Waals surface area contributed by atoms with Crippen LogP contribution in [0.3, 0.4) is 0 Å². The van der Waals surface area contributed by atoms with E-state index in [0.717, 1.165) is 25.7 Å². The summed E-state index contributed by atoms with van der Waals surface area (Å²) < 4.78 is 0. The summed E-state index contributed by atoms with van der Waals surface area (Å²) in [4.78, 5) is 0. The topological polar surface area (TPSA) is 0 Å². The number of rotatable bonds is 4. The zero-order chi connectivity index (χ0) is 19.2. The van der Waals surface area contributed by atoms with Crippen molar-refractivity contribution in [3.05, 3.63) is 125 Å². The Hall–Kier alpha value is -2.37. The van der Waals surface area contributed by atoms with Gasteiger partial charge < -0.3 is 0 Å². The second kappa shape index (κ2) is 8.05. The van der Waals surface area contributed by atoms with Gasteiger partial charge in [0.15, 0.2) is 0 Å². The molecular weight excluding hydrogens is 440 g/mol. The molecule has 30 heavy (non-hydrogen) atoms. The second-order valence-electron chi connectivity index (χ2n) is 8.23. The van der Waals surface area contributed by atoms with Crippen molar-refractivity contribution < 1.29 is 26.2 Å². The molecule has 0 aliphatic heterocycles. The molecule has 0 radical (unpaired) electrons. The largest absolute Gasteiger partial charge is 0.188 e. The van der Waals surface area contributed by atoms with Crippen molar-refractivity contribution in [2.45, 2.75) is 25.7 Å². The van der Waals surface area contributed by atoms with E-state index < -0.39 is 0 Å². The van der Waals surface area contributed by atoms with Crippen LogP contribution < -0.4 is 0 Å². The first-order chi connectivity index (χ1) is 14.4. The minimum absolute atomic E-state index is 0. The fourth-order valence-electron chi connectivity index (χ4n) is 5.21. The number of fused-ring (bicyclic) bond motifs is 6. The minimum atomic E-state index is 0. The quantitative estimate of drug-likeness (QED) is 0.247. The second-order valence-corrected chi connectivity index (χ2v) is 8.23. The molecule has 0 heterocycles. The van der Waals surface area contributed by atoms with Gasteiger partial charge in [0.1, 0.15) is 0 Å². The average molecular weight is 463 g/mol. The summed E-state index contributed by atoms with van der Waals surface area (Å²) in [6.07, 6.45) is 6.78. The third-order valence-electron chi connectivity index (χ3n) is 6.61. The summed E-state index contributed by atoms with van der Waals surface area (Å²) in [6.45, 7) is 0. The third-order valence-corrected chi connectivity index (χ3v) is 6.61. The maximum absolute atomic E-state index is 2.45. The first-order valence-corrected chi connectivity index (χ1v) is 10.6. The van der Waals surface area contributed by atoms with Gasteiger partial charge in [-0.1, -0.05) is 84.8 Å². The predicted octanol–water partition coefficient (Wildman–Crippen LogP) is 7.01. The molecule has 4 aromatic rings. The summed E-state index contributed by atoms with van der Waals surface area (Å²) in [6, 6.07) is 31.3. The summed E-state index contributed by atoms with van der Waals surface area (Å²) in [5.41, 5.74) is 14.6. The van der Waals surface area contributed by atoms with Gasteiger partial charge >= 0.3 is 0 Å². The summed E-state index contributed by atoms with van der Waals surface area (Å²) in [7, 11) is 0. The van der Waals surface area contributed by atoms with E-state index in [4.69, 9.17) is 0 Å². The van der Waals surface area contributed by atoms with Crippen LogP contribution in [0.1, 0.15) is 39.8 Å². The van der Waals surface area contributed by atoms with Gasteiger partial charge in [-0.2, -0.15) is 18.1 Å². The molecule has 0 bridgehead atoms. The number of benzene rings is 4. The van der Waals surface area contributed by atoms with Gasteiger partial charge in [-0.15, -0.1) is 11.6 Å². The van der Waals surface area contributed by atoms with Gasteiger partial charge in [-0.05, 0) is 58.2 Å². The SMILES string of the molecule is [Zr].c1ccc2c(c1)Cc1c([CH-]CCc3cccc4c3Cc3ccccc3-4)cccc1-2. The molecule has 144 valence electrons. The number of hydrogen-bond acceptors (Lipinski definition) is 0. The molecule has 0 N–H and O–H groups in total. The molecule has 1 heteroatoms. The Morgan fingerprint density at radius 3 is 1.87 bits per heavy atom. The van der Waals surface area contributed by atoms with Crippen molar-refractivity contribution in [3.8, 4) is 22.3 Å². The van der Waals surface area contributed by atoms with E-state index in [9.17, 15) is 0 Å². The predicted molar refractivity (Wildman–Crippen MR) is 121 cm³/mol. The molecule has 2 aliphatic carbocycles. The normalized spacial score (nSPS) is 12.4. The van der Waals surface area contributed by atoms with Crippen LogP contribution in [0.5, 0.6) is 0 Å². The first-order valence-electron chi connectivity index (χ1n) is 10.6. The van der Waals surface area contributed by atoms with Crippen LogP contribution >= 0.6 is 0 Å². The van der Waals surface area contributed by atoms with Crippen molar-refractivity contribution in [1.82, 2.24) is 0 Å². The molecule has 6 rings (SSSR count). The maximum Gasteiger partial charge on any atom is 0 e. The standard InChI is InChI=1S/C29H23.Zr/c1-3-14-24-22(8-1)18-28-20(12-6-16-26(24)28)10-5-11-21-13-7-17-27-25-15-4-2-9-23(25)19-29(21)27;/h1-4,6-10,12-17H,5,11,18-19H2;/q-1;. The van der Waals surface area contributed by atoms with E-state index in [0.29, 0.717) is 0 Å². The Bertz CT molecular complexity index is 1140. The fraction of sp³-hybridized carbons (Fsp3) is 0.138. The van der Waals surface area contributed by atoms with Gasteiger partial charge in [-0.25, -0.2) is 0 Å². The Labute approximate surface area is 198 Å². The zero-order valence-corrected chi connectivity index (χ0v) is 19.4. The Morgan fingerprint density at radius 2 is 1.13 bits per heavy atom. The van der Waals surface area contributed by atoms with Gasteiger partial charge in [0.2, 0.25) is 0 Å². The van der Waals surface area contributed by atoms with Gasteiger partial charge in [0, 0.05) is 26.2 Å². The monoisotopic (exact) mass is 461 g/mol. The van der Waals surface area contributed by atoms with Crippen LogP contribution in [-0.2, 0) is 45.5 Å². The summed E-state index contributed by atoms with van der Waals surface area (Å²) >= 11 is 0. The molecule has 0 atom stereocenters. The van der Waals surface area contributed by atoms with Crippen LogP contribution in [0.4, 0.5) is 0 Å². The Kier molecular flexibility index (Phi) is 5.25. The molecule has 0 saturated heterocycles.